The van der Waals surface area contributed by atoms with E-state index in [1.54, 1.807) is 0 Å². The van der Waals surface area contributed by atoms with Gasteiger partial charge >= 0.3 is 5.97 Å². The van der Waals surface area contributed by atoms with Crippen LogP contribution in [-0.4, -0.2) is 55.6 Å². The van der Waals surface area contributed by atoms with E-state index in [4.69, 9.17) is 5.11 Å². The highest BCUT2D eigenvalue weighted by Crippen LogP contribution is 2.19. The molecule has 0 fully saturated rings. The number of aromatic carboxylic acids is 1. The summed E-state index contributed by atoms with van der Waals surface area (Å²) in [6.45, 7) is 6.46. The van der Waals surface area contributed by atoms with Crippen LogP contribution in [0.4, 0.5) is 0 Å². The first kappa shape index (κ1) is 16.0. The van der Waals surface area contributed by atoms with Gasteiger partial charge in [0.2, 0.25) is 0 Å². The predicted octanol–water partition coefficient (Wildman–Crippen LogP) is 0.461. The van der Waals surface area contributed by atoms with Crippen molar-refractivity contribution in [2.45, 2.75) is 18.1 Å². The Labute approximate surface area is 116 Å². The number of thiazole rings is 1. The molecule has 9 heteroatoms. The lowest BCUT2D eigenvalue weighted by Crippen LogP contribution is -2.35. The molecule has 19 heavy (non-hydrogen) atoms. The Hall–Kier alpha value is -1.03. The van der Waals surface area contributed by atoms with Crippen molar-refractivity contribution < 1.29 is 18.3 Å². The normalized spacial score (nSPS) is 11.9. The number of rotatable bonds is 8. The van der Waals surface area contributed by atoms with Crippen LogP contribution in [0, 0.1) is 0 Å². The predicted molar refractivity (Wildman–Crippen MR) is 72.0 cm³/mol. The minimum Gasteiger partial charge on any atom is -0.476 e. The summed E-state index contributed by atoms with van der Waals surface area (Å²) in [5.41, 5.74) is 0.780. The van der Waals surface area contributed by atoms with E-state index >= 15 is 0 Å². The molecule has 0 aromatic carbocycles. The smallest absolute Gasteiger partial charge is 0.356 e. The number of aromatic nitrogens is 1. The number of nitrogens with zero attached hydrogens (tertiary/aromatic N) is 2. The third kappa shape index (κ3) is 4.23. The first-order chi connectivity index (χ1) is 8.92. The third-order valence-corrected chi connectivity index (χ3v) is 5.43. The molecule has 7 nitrogen and oxygen atoms in total. The lowest BCUT2D eigenvalue weighted by Gasteiger charge is -2.17. The first-order valence-electron chi connectivity index (χ1n) is 5.81. The molecule has 1 aromatic rings. The second-order valence-electron chi connectivity index (χ2n) is 3.72. The van der Waals surface area contributed by atoms with Gasteiger partial charge in [0.25, 0.3) is 10.0 Å². The number of sulfonamides is 1. The van der Waals surface area contributed by atoms with Gasteiger partial charge in [-0.1, -0.05) is 13.8 Å². The molecule has 1 rings (SSSR count). The standard InChI is InChI=1S/C10H17N3O4S2/c1-3-13(4-2)6-5-12-19(16,17)10-8(9(14)15)11-7-18-10/h7,12H,3-6H2,1-2H3,(H,14,15). The van der Waals surface area contributed by atoms with E-state index in [2.05, 4.69) is 14.6 Å². The minimum absolute atomic E-state index is 0.237. The summed E-state index contributed by atoms with van der Waals surface area (Å²) in [7, 11) is -3.81. The zero-order valence-electron chi connectivity index (χ0n) is 10.8. The number of carboxylic acid groups (broad SMARTS) is 1. The topological polar surface area (TPSA) is 99.6 Å². The Morgan fingerprint density at radius 1 is 1.47 bits per heavy atom. The van der Waals surface area contributed by atoms with Crippen LogP contribution in [0.1, 0.15) is 24.3 Å². The van der Waals surface area contributed by atoms with Crippen molar-refractivity contribution in [2.24, 2.45) is 0 Å². The van der Waals surface area contributed by atoms with Gasteiger partial charge < -0.3 is 10.0 Å². The molecule has 2 N–H and O–H groups in total. The van der Waals surface area contributed by atoms with Crippen LogP contribution in [-0.2, 0) is 10.0 Å². The van der Waals surface area contributed by atoms with E-state index in [1.807, 2.05) is 13.8 Å². The number of nitrogens with one attached hydrogen (secondary N) is 1. The maximum Gasteiger partial charge on any atom is 0.356 e. The molecule has 0 amide bonds. The average Bonchev–Trinajstić information content (AvgIpc) is 2.84. The van der Waals surface area contributed by atoms with Crippen LogP contribution in [0.5, 0.6) is 0 Å². The molecule has 108 valence electrons. The Bertz CT molecular complexity index is 523. The maximum absolute atomic E-state index is 12.0. The van der Waals surface area contributed by atoms with E-state index in [9.17, 15) is 13.2 Å². The van der Waals surface area contributed by atoms with Gasteiger partial charge in [-0.25, -0.2) is 22.9 Å². The summed E-state index contributed by atoms with van der Waals surface area (Å²) in [5.74, 6) is -1.34. The lowest BCUT2D eigenvalue weighted by atomic mass is 10.5. The van der Waals surface area contributed by atoms with Crippen molar-refractivity contribution in [3.8, 4) is 0 Å². The van der Waals surface area contributed by atoms with Crippen molar-refractivity contribution >= 4 is 27.3 Å². The second kappa shape index (κ2) is 6.94. The van der Waals surface area contributed by atoms with Gasteiger partial charge in [-0.05, 0) is 13.1 Å². The number of hydrogen-bond donors (Lipinski definition) is 2. The summed E-state index contributed by atoms with van der Waals surface area (Å²) in [6.07, 6.45) is 0. The van der Waals surface area contributed by atoms with Gasteiger partial charge in [0.05, 0.1) is 5.51 Å². The molecule has 0 bridgehead atoms. The zero-order chi connectivity index (χ0) is 14.5. The highest BCUT2D eigenvalue weighted by Gasteiger charge is 2.25. The fourth-order valence-corrected chi connectivity index (χ4v) is 3.72. The molecule has 1 aromatic heterocycles. The number of carbonyl (C=O) groups is 1. The Balaban J connectivity index is 2.71. The summed E-state index contributed by atoms with van der Waals surface area (Å²) in [5, 5.41) is 8.85. The Morgan fingerprint density at radius 3 is 2.63 bits per heavy atom. The van der Waals surface area contributed by atoms with Crippen LogP contribution in [0.3, 0.4) is 0 Å². The molecule has 0 spiro atoms. The van der Waals surface area contributed by atoms with Gasteiger partial charge in [0, 0.05) is 13.1 Å². The Kier molecular flexibility index (Phi) is 5.85. The number of hydrogen-bond acceptors (Lipinski definition) is 6. The highest BCUT2D eigenvalue weighted by atomic mass is 32.2. The summed E-state index contributed by atoms with van der Waals surface area (Å²) in [6, 6.07) is 0. The third-order valence-electron chi connectivity index (χ3n) is 2.60. The van der Waals surface area contributed by atoms with Crippen LogP contribution < -0.4 is 4.72 Å². The number of carboxylic acids is 1. The van der Waals surface area contributed by atoms with Crippen molar-refractivity contribution in [1.82, 2.24) is 14.6 Å². The fourth-order valence-electron chi connectivity index (χ4n) is 1.51. The van der Waals surface area contributed by atoms with Gasteiger partial charge in [-0.15, -0.1) is 11.3 Å². The fraction of sp³-hybridized carbons (Fsp3) is 0.600. The van der Waals surface area contributed by atoms with Crippen LogP contribution in [0.15, 0.2) is 9.72 Å². The van der Waals surface area contributed by atoms with E-state index in [0.29, 0.717) is 6.54 Å². The average molecular weight is 307 g/mol. The van der Waals surface area contributed by atoms with Gasteiger partial charge in [-0.3, -0.25) is 0 Å². The molecule has 0 atom stereocenters. The Morgan fingerprint density at radius 2 is 2.11 bits per heavy atom. The molecule has 0 aliphatic heterocycles. The quantitative estimate of drug-likeness (QED) is 0.724. The van der Waals surface area contributed by atoms with Gasteiger partial charge in [-0.2, -0.15) is 0 Å². The van der Waals surface area contributed by atoms with E-state index in [-0.39, 0.29) is 10.8 Å². The van der Waals surface area contributed by atoms with Gasteiger partial charge in [0.15, 0.2) is 9.90 Å². The summed E-state index contributed by atoms with van der Waals surface area (Å²) in [4.78, 5) is 16.5. The van der Waals surface area contributed by atoms with E-state index in [1.165, 1.54) is 5.51 Å². The van der Waals surface area contributed by atoms with Crippen molar-refractivity contribution in [1.29, 1.82) is 0 Å². The second-order valence-corrected chi connectivity index (χ2v) is 6.54. The van der Waals surface area contributed by atoms with Crippen molar-refractivity contribution in [3.63, 3.8) is 0 Å². The van der Waals surface area contributed by atoms with Crippen molar-refractivity contribution in [3.05, 3.63) is 11.2 Å². The molecule has 1 heterocycles. The number of likely N-dealkylation sites (N-methyl/N-ethyl adjacent to an activating group) is 1. The highest BCUT2D eigenvalue weighted by molar-refractivity contribution is 7.91. The largest absolute Gasteiger partial charge is 0.476 e. The molecular weight excluding hydrogens is 290 g/mol. The SMILES string of the molecule is CCN(CC)CCNS(=O)(=O)c1scnc1C(=O)O. The summed E-state index contributed by atoms with van der Waals surface area (Å²) < 4.78 is 26.1. The van der Waals surface area contributed by atoms with Gasteiger partial charge in [0.1, 0.15) is 0 Å². The van der Waals surface area contributed by atoms with Crippen LogP contribution >= 0.6 is 11.3 Å². The molecule has 0 saturated heterocycles. The van der Waals surface area contributed by atoms with E-state index in [0.717, 1.165) is 24.4 Å². The molecule has 0 radical (unpaired) electrons. The van der Waals surface area contributed by atoms with Crippen molar-refractivity contribution in [2.75, 3.05) is 26.2 Å². The molecular formula is C10H17N3O4S2. The first-order valence-corrected chi connectivity index (χ1v) is 8.17. The molecule has 0 aliphatic rings. The maximum atomic E-state index is 12.0. The minimum atomic E-state index is -3.81. The monoisotopic (exact) mass is 307 g/mol. The lowest BCUT2D eigenvalue weighted by molar-refractivity contribution is 0.0687. The molecule has 0 saturated carbocycles. The zero-order valence-corrected chi connectivity index (χ0v) is 12.4. The van der Waals surface area contributed by atoms with Crippen LogP contribution in [0.25, 0.3) is 0 Å². The molecule has 0 unspecified atom stereocenters. The van der Waals surface area contributed by atoms with Crippen LogP contribution in [0.2, 0.25) is 0 Å². The molecule has 0 aliphatic carbocycles. The van der Waals surface area contributed by atoms with E-state index < -0.39 is 21.7 Å². The summed E-state index contributed by atoms with van der Waals surface area (Å²) >= 11 is 0.799.